The molecule has 6 heteroatoms. The fraction of sp³-hybridized carbons (Fsp3) is 0.500. The van der Waals surface area contributed by atoms with Gasteiger partial charge in [-0.25, -0.2) is 0 Å². The third kappa shape index (κ3) is 3.26. The minimum absolute atomic E-state index is 0.545. The van der Waals surface area contributed by atoms with Gasteiger partial charge < -0.3 is 14.6 Å². The largest absolute Gasteiger partial charge is 0.467 e. The number of furan rings is 1. The highest BCUT2D eigenvalue weighted by molar-refractivity contribution is 5.40. The molecule has 0 spiro atoms. The molecule has 0 aliphatic carbocycles. The quantitative estimate of drug-likeness (QED) is 0.923. The van der Waals surface area contributed by atoms with Crippen LogP contribution in [0, 0.1) is 0 Å². The molecule has 1 aliphatic heterocycles. The van der Waals surface area contributed by atoms with E-state index in [1.54, 1.807) is 12.5 Å². The molecular weight excluding hydrogens is 254 g/mol. The Morgan fingerprint density at radius 2 is 2.05 bits per heavy atom. The van der Waals surface area contributed by atoms with E-state index in [0.29, 0.717) is 12.5 Å². The Balaban J connectivity index is 1.65. The predicted octanol–water partition coefficient (Wildman–Crippen LogP) is 2.46. The number of hydrogen-bond donors (Lipinski definition) is 1. The zero-order valence-corrected chi connectivity index (χ0v) is 11.5. The van der Waals surface area contributed by atoms with E-state index in [-0.39, 0.29) is 0 Å². The van der Waals surface area contributed by atoms with E-state index in [9.17, 15) is 0 Å². The van der Waals surface area contributed by atoms with Crippen LogP contribution < -0.4 is 10.2 Å². The molecule has 0 saturated carbocycles. The van der Waals surface area contributed by atoms with Gasteiger partial charge in [0.15, 0.2) is 5.82 Å². The summed E-state index contributed by atoms with van der Waals surface area (Å²) in [5.74, 6) is 2.31. The fourth-order valence-corrected chi connectivity index (χ4v) is 2.40. The van der Waals surface area contributed by atoms with Gasteiger partial charge in [-0.1, -0.05) is 12.8 Å². The predicted molar refractivity (Wildman–Crippen MR) is 76.5 cm³/mol. The highest BCUT2D eigenvalue weighted by Crippen LogP contribution is 2.17. The number of hydrogen-bond acceptors (Lipinski definition) is 6. The molecule has 1 N–H and O–H groups in total. The zero-order valence-electron chi connectivity index (χ0n) is 11.5. The van der Waals surface area contributed by atoms with Gasteiger partial charge >= 0.3 is 0 Å². The van der Waals surface area contributed by atoms with Crippen LogP contribution >= 0.6 is 0 Å². The van der Waals surface area contributed by atoms with E-state index in [2.05, 4.69) is 25.4 Å². The molecule has 1 saturated heterocycles. The first-order valence-electron chi connectivity index (χ1n) is 7.13. The Labute approximate surface area is 118 Å². The third-order valence-electron chi connectivity index (χ3n) is 3.48. The van der Waals surface area contributed by atoms with Crippen molar-refractivity contribution < 1.29 is 4.42 Å². The monoisotopic (exact) mass is 273 g/mol. The van der Waals surface area contributed by atoms with Crippen molar-refractivity contribution in [2.75, 3.05) is 23.3 Å². The molecule has 3 heterocycles. The van der Waals surface area contributed by atoms with Gasteiger partial charge in [-0.05, 0) is 25.0 Å². The number of anilines is 2. The molecule has 0 amide bonds. The molecule has 6 nitrogen and oxygen atoms in total. The van der Waals surface area contributed by atoms with E-state index in [0.717, 1.165) is 24.7 Å². The lowest BCUT2D eigenvalue weighted by atomic mass is 10.2. The number of nitrogens with one attached hydrogen (secondary N) is 1. The van der Waals surface area contributed by atoms with Crippen LogP contribution in [0.15, 0.2) is 29.0 Å². The van der Waals surface area contributed by atoms with Crippen LogP contribution in [0.25, 0.3) is 0 Å². The highest BCUT2D eigenvalue weighted by Gasteiger charge is 2.12. The van der Waals surface area contributed by atoms with Gasteiger partial charge in [-0.15, -0.1) is 5.10 Å². The smallest absolute Gasteiger partial charge is 0.245 e. The lowest BCUT2D eigenvalue weighted by Crippen LogP contribution is -2.25. The molecule has 106 valence electrons. The van der Waals surface area contributed by atoms with E-state index >= 15 is 0 Å². The van der Waals surface area contributed by atoms with Crippen LogP contribution in [0.3, 0.4) is 0 Å². The van der Waals surface area contributed by atoms with Crippen molar-refractivity contribution in [3.05, 3.63) is 30.4 Å². The summed E-state index contributed by atoms with van der Waals surface area (Å²) < 4.78 is 5.27. The normalized spacial score (nSPS) is 15.9. The van der Waals surface area contributed by atoms with Crippen molar-refractivity contribution >= 4 is 11.8 Å². The molecule has 0 atom stereocenters. The summed E-state index contributed by atoms with van der Waals surface area (Å²) in [6, 6.07) is 3.78. The standard InChI is InChI=1S/C14H19N5O/c1-2-4-8-19(7-3-1)13-11-16-18-14(17-13)15-10-12-6-5-9-20-12/h5-6,9,11H,1-4,7-8,10H2,(H,15,17,18). The Hall–Kier alpha value is -2.11. The lowest BCUT2D eigenvalue weighted by molar-refractivity contribution is 0.517. The van der Waals surface area contributed by atoms with E-state index in [1.807, 2.05) is 12.1 Å². The second-order valence-electron chi connectivity index (χ2n) is 4.97. The second kappa shape index (κ2) is 6.36. The van der Waals surface area contributed by atoms with Crippen molar-refractivity contribution in [2.24, 2.45) is 0 Å². The molecule has 0 radical (unpaired) electrons. The molecule has 0 bridgehead atoms. The lowest BCUT2D eigenvalue weighted by Gasteiger charge is -2.20. The number of nitrogens with zero attached hydrogens (tertiary/aromatic N) is 4. The molecule has 1 aliphatic rings. The molecular formula is C14H19N5O. The van der Waals surface area contributed by atoms with Gasteiger partial charge in [-0.2, -0.15) is 10.1 Å². The first-order chi connectivity index (χ1) is 9.92. The Kier molecular flexibility index (Phi) is 4.10. The average Bonchev–Trinajstić information content (AvgIpc) is 2.86. The summed E-state index contributed by atoms with van der Waals surface area (Å²) in [5.41, 5.74) is 0. The van der Waals surface area contributed by atoms with Crippen molar-refractivity contribution in [1.82, 2.24) is 15.2 Å². The molecule has 20 heavy (non-hydrogen) atoms. The molecule has 3 rings (SSSR count). The molecule has 0 aromatic carbocycles. The van der Waals surface area contributed by atoms with Crippen LogP contribution in [0.1, 0.15) is 31.4 Å². The zero-order chi connectivity index (χ0) is 13.6. The summed E-state index contributed by atoms with van der Waals surface area (Å²) in [4.78, 5) is 6.83. The number of rotatable bonds is 4. The van der Waals surface area contributed by atoms with Crippen LogP contribution in [0.5, 0.6) is 0 Å². The topological polar surface area (TPSA) is 67.1 Å². The van der Waals surface area contributed by atoms with Crippen LogP contribution in [0.4, 0.5) is 11.8 Å². The Morgan fingerprint density at radius 3 is 2.80 bits per heavy atom. The van der Waals surface area contributed by atoms with Crippen molar-refractivity contribution in [3.63, 3.8) is 0 Å². The van der Waals surface area contributed by atoms with Crippen LogP contribution in [-0.2, 0) is 6.54 Å². The van der Waals surface area contributed by atoms with E-state index in [4.69, 9.17) is 4.42 Å². The molecule has 0 unspecified atom stereocenters. The average molecular weight is 273 g/mol. The summed E-state index contributed by atoms with van der Waals surface area (Å²) in [6.45, 7) is 2.67. The molecule has 2 aromatic rings. The summed E-state index contributed by atoms with van der Waals surface area (Å²) in [6.07, 6.45) is 8.45. The first kappa shape index (κ1) is 12.9. The maximum absolute atomic E-state index is 5.27. The first-order valence-corrected chi connectivity index (χ1v) is 7.13. The van der Waals surface area contributed by atoms with Crippen molar-refractivity contribution in [3.8, 4) is 0 Å². The van der Waals surface area contributed by atoms with Gasteiger partial charge in [0.2, 0.25) is 5.95 Å². The highest BCUT2D eigenvalue weighted by atomic mass is 16.3. The SMILES string of the molecule is c1coc(CNc2nncc(N3CCCCCC3)n2)c1. The van der Waals surface area contributed by atoms with Crippen LogP contribution in [-0.4, -0.2) is 28.3 Å². The van der Waals surface area contributed by atoms with Gasteiger partial charge in [0.1, 0.15) is 5.76 Å². The summed E-state index contributed by atoms with van der Waals surface area (Å²) in [5, 5.41) is 11.2. The van der Waals surface area contributed by atoms with Gasteiger partial charge in [0.25, 0.3) is 0 Å². The molecule has 1 fully saturated rings. The Morgan fingerprint density at radius 1 is 1.20 bits per heavy atom. The maximum atomic E-state index is 5.27. The fourth-order valence-electron chi connectivity index (χ4n) is 2.40. The third-order valence-corrected chi connectivity index (χ3v) is 3.48. The maximum Gasteiger partial charge on any atom is 0.245 e. The van der Waals surface area contributed by atoms with Gasteiger partial charge in [-0.3, -0.25) is 0 Å². The van der Waals surface area contributed by atoms with Crippen LogP contribution in [0.2, 0.25) is 0 Å². The minimum atomic E-state index is 0.545. The second-order valence-corrected chi connectivity index (χ2v) is 4.97. The van der Waals surface area contributed by atoms with Gasteiger partial charge in [0.05, 0.1) is 19.0 Å². The number of aromatic nitrogens is 3. The van der Waals surface area contributed by atoms with Crippen molar-refractivity contribution in [2.45, 2.75) is 32.2 Å². The Bertz CT molecular complexity index is 520. The summed E-state index contributed by atoms with van der Waals surface area (Å²) >= 11 is 0. The summed E-state index contributed by atoms with van der Waals surface area (Å²) in [7, 11) is 0. The molecule has 2 aromatic heterocycles. The van der Waals surface area contributed by atoms with Gasteiger partial charge in [0, 0.05) is 13.1 Å². The minimum Gasteiger partial charge on any atom is -0.467 e. The van der Waals surface area contributed by atoms with E-state index in [1.165, 1.54) is 25.7 Å². The van der Waals surface area contributed by atoms with E-state index < -0.39 is 0 Å². The van der Waals surface area contributed by atoms with Crippen molar-refractivity contribution in [1.29, 1.82) is 0 Å².